The predicted molar refractivity (Wildman–Crippen MR) is 69.0 cm³/mol. The summed E-state index contributed by atoms with van der Waals surface area (Å²) in [5.74, 6) is -1.43. The van der Waals surface area contributed by atoms with Crippen molar-refractivity contribution in [3.63, 3.8) is 0 Å². The molecule has 0 aliphatic rings. The van der Waals surface area contributed by atoms with Crippen LogP contribution in [0.5, 0.6) is 0 Å². The molecule has 1 nitrogen and oxygen atoms in total. The number of rotatable bonds is 2. The van der Waals surface area contributed by atoms with Crippen molar-refractivity contribution in [1.29, 1.82) is 0 Å². The maximum absolute atomic E-state index is 13.6. The topological polar surface area (TPSA) is 26.0 Å². The van der Waals surface area contributed by atoms with Crippen LogP contribution in [-0.4, -0.2) is 0 Å². The van der Waals surface area contributed by atoms with Crippen LogP contribution < -0.4 is 5.73 Å². The maximum Gasteiger partial charge on any atom is 0.132 e. The molecule has 1 atom stereocenters. The highest BCUT2D eigenvalue weighted by Gasteiger charge is 2.19. The lowest BCUT2D eigenvalue weighted by Crippen LogP contribution is -2.14. The zero-order valence-electron chi connectivity index (χ0n) is 8.49. The Morgan fingerprint density at radius 1 is 1.24 bits per heavy atom. The third kappa shape index (κ3) is 2.96. The molecule has 0 unspecified atom stereocenters. The van der Waals surface area contributed by atoms with E-state index >= 15 is 0 Å². The maximum atomic E-state index is 13.6. The van der Waals surface area contributed by atoms with Crippen LogP contribution in [-0.2, 0) is 0 Å². The summed E-state index contributed by atoms with van der Waals surface area (Å²) in [5, 5.41) is 1.83. The van der Waals surface area contributed by atoms with Gasteiger partial charge in [0, 0.05) is 15.5 Å². The van der Waals surface area contributed by atoms with Crippen molar-refractivity contribution in [3.8, 4) is 0 Å². The highest BCUT2D eigenvalue weighted by molar-refractivity contribution is 7.10. The third-order valence-electron chi connectivity index (χ3n) is 2.20. The van der Waals surface area contributed by atoms with Crippen LogP contribution >= 0.6 is 35.3 Å². The molecule has 92 valence electrons. The van der Waals surface area contributed by atoms with Crippen LogP contribution in [0.2, 0.25) is 5.02 Å². The van der Waals surface area contributed by atoms with Gasteiger partial charge in [-0.05, 0) is 23.6 Å². The summed E-state index contributed by atoms with van der Waals surface area (Å²) in [6.07, 6.45) is 0. The van der Waals surface area contributed by atoms with E-state index in [0.29, 0.717) is 4.88 Å². The Morgan fingerprint density at radius 3 is 2.29 bits per heavy atom. The summed E-state index contributed by atoms with van der Waals surface area (Å²) in [7, 11) is 0. The normalized spacial score (nSPS) is 12.0. The molecule has 0 amide bonds. The van der Waals surface area contributed by atoms with Gasteiger partial charge >= 0.3 is 0 Å². The van der Waals surface area contributed by atoms with Crippen LogP contribution in [0.1, 0.15) is 16.5 Å². The molecule has 0 spiro atoms. The largest absolute Gasteiger partial charge is 0.319 e. The van der Waals surface area contributed by atoms with E-state index in [9.17, 15) is 8.78 Å². The van der Waals surface area contributed by atoms with Gasteiger partial charge in [-0.1, -0.05) is 17.7 Å². The van der Waals surface area contributed by atoms with Crippen molar-refractivity contribution in [2.24, 2.45) is 5.73 Å². The first-order valence-corrected chi connectivity index (χ1v) is 5.79. The Hall–Kier alpha value is -0.680. The van der Waals surface area contributed by atoms with Crippen molar-refractivity contribution in [2.75, 3.05) is 0 Å². The highest BCUT2D eigenvalue weighted by atomic mass is 35.5. The van der Waals surface area contributed by atoms with Crippen molar-refractivity contribution >= 4 is 35.3 Å². The average Bonchev–Trinajstić information content (AvgIpc) is 2.67. The van der Waals surface area contributed by atoms with Gasteiger partial charge < -0.3 is 5.73 Å². The average molecular weight is 296 g/mol. The molecular weight excluding hydrogens is 287 g/mol. The van der Waals surface area contributed by atoms with Crippen LogP contribution in [0.3, 0.4) is 0 Å². The van der Waals surface area contributed by atoms with Crippen LogP contribution in [0.25, 0.3) is 0 Å². The summed E-state index contributed by atoms with van der Waals surface area (Å²) >= 11 is 6.89. The second-order valence-corrected chi connectivity index (χ2v) is 4.69. The van der Waals surface area contributed by atoms with Crippen LogP contribution in [0.15, 0.2) is 29.6 Å². The van der Waals surface area contributed by atoms with Gasteiger partial charge in [-0.15, -0.1) is 23.7 Å². The molecule has 2 aromatic rings. The van der Waals surface area contributed by atoms with E-state index in [1.54, 1.807) is 17.5 Å². The smallest absolute Gasteiger partial charge is 0.132 e. The molecule has 0 radical (unpaired) electrons. The number of benzene rings is 1. The molecule has 1 aromatic heterocycles. The van der Waals surface area contributed by atoms with Crippen molar-refractivity contribution in [1.82, 2.24) is 0 Å². The predicted octanol–water partition coefficient (Wildman–Crippen LogP) is 4.15. The number of hydrogen-bond donors (Lipinski definition) is 1. The van der Waals surface area contributed by atoms with E-state index < -0.39 is 17.7 Å². The first kappa shape index (κ1) is 14.4. The Bertz CT molecular complexity index is 479. The molecule has 2 N–H and O–H groups in total. The fourth-order valence-electron chi connectivity index (χ4n) is 1.46. The lowest BCUT2D eigenvalue weighted by molar-refractivity contribution is 0.545. The Kier molecular flexibility index (Phi) is 4.89. The number of nitrogens with two attached hydrogens (primary N) is 1. The molecule has 17 heavy (non-hydrogen) atoms. The van der Waals surface area contributed by atoms with E-state index in [4.69, 9.17) is 17.3 Å². The zero-order valence-corrected chi connectivity index (χ0v) is 10.9. The molecule has 1 aromatic carbocycles. The quantitative estimate of drug-likeness (QED) is 0.885. The fraction of sp³-hybridized carbons (Fsp3) is 0.0909. The first-order chi connectivity index (χ1) is 7.59. The van der Waals surface area contributed by atoms with Crippen LogP contribution in [0.4, 0.5) is 8.78 Å². The standard InChI is InChI=1S/C11H8ClF2NS.ClH/c12-6-4-7(13)10(8(14)5-6)11(15)9-2-1-3-16-9;/h1-5,11H,15H2;1H/t11-;/m0./s1. The molecule has 6 heteroatoms. The molecule has 0 saturated carbocycles. The highest BCUT2D eigenvalue weighted by Crippen LogP contribution is 2.29. The number of thiophene rings is 1. The minimum Gasteiger partial charge on any atom is -0.319 e. The van der Waals surface area contributed by atoms with E-state index in [2.05, 4.69) is 0 Å². The van der Waals surface area contributed by atoms with Gasteiger partial charge in [-0.2, -0.15) is 0 Å². The molecule has 1 heterocycles. The summed E-state index contributed by atoms with van der Waals surface area (Å²) in [4.78, 5) is 0.708. The first-order valence-electron chi connectivity index (χ1n) is 4.53. The molecule has 0 fully saturated rings. The second-order valence-electron chi connectivity index (χ2n) is 3.28. The lowest BCUT2D eigenvalue weighted by Gasteiger charge is -2.12. The Labute approximate surface area is 113 Å². The van der Waals surface area contributed by atoms with Crippen LogP contribution in [0, 0.1) is 11.6 Å². The summed E-state index contributed by atoms with van der Waals surface area (Å²) < 4.78 is 27.1. The van der Waals surface area contributed by atoms with E-state index in [-0.39, 0.29) is 23.0 Å². The van der Waals surface area contributed by atoms with Crippen molar-refractivity contribution in [2.45, 2.75) is 6.04 Å². The van der Waals surface area contributed by atoms with Gasteiger partial charge in [-0.3, -0.25) is 0 Å². The van der Waals surface area contributed by atoms with Gasteiger partial charge in [0.2, 0.25) is 0 Å². The Morgan fingerprint density at radius 2 is 1.82 bits per heavy atom. The van der Waals surface area contributed by atoms with Gasteiger partial charge in [0.1, 0.15) is 11.6 Å². The number of halogens is 4. The molecule has 0 aliphatic heterocycles. The summed E-state index contributed by atoms with van der Waals surface area (Å²) in [6.45, 7) is 0. The number of hydrogen-bond acceptors (Lipinski definition) is 2. The third-order valence-corrected chi connectivity index (χ3v) is 3.38. The Balaban J connectivity index is 0.00000144. The summed E-state index contributed by atoms with van der Waals surface area (Å²) in [5.41, 5.74) is 5.65. The minimum absolute atomic E-state index is 0. The molecule has 0 bridgehead atoms. The lowest BCUT2D eigenvalue weighted by atomic mass is 10.1. The minimum atomic E-state index is -0.794. The SMILES string of the molecule is Cl.N[C@@H](c1cccs1)c1c(F)cc(Cl)cc1F. The molecule has 0 aliphatic carbocycles. The van der Waals surface area contributed by atoms with Gasteiger partial charge in [-0.25, -0.2) is 8.78 Å². The molecule has 2 rings (SSSR count). The van der Waals surface area contributed by atoms with Gasteiger partial charge in [0.15, 0.2) is 0 Å². The molecule has 0 saturated heterocycles. The van der Waals surface area contributed by atoms with Gasteiger partial charge in [0.25, 0.3) is 0 Å². The van der Waals surface area contributed by atoms with E-state index in [1.807, 2.05) is 0 Å². The van der Waals surface area contributed by atoms with E-state index in [0.717, 1.165) is 12.1 Å². The van der Waals surface area contributed by atoms with Crippen molar-refractivity contribution < 1.29 is 8.78 Å². The zero-order chi connectivity index (χ0) is 11.7. The fourth-order valence-corrected chi connectivity index (χ4v) is 2.39. The monoisotopic (exact) mass is 295 g/mol. The van der Waals surface area contributed by atoms with E-state index in [1.165, 1.54) is 11.3 Å². The summed E-state index contributed by atoms with van der Waals surface area (Å²) in [6, 6.07) is 4.85. The second kappa shape index (κ2) is 5.78. The van der Waals surface area contributed by atoms with Gasteiger partial charge in [0.05, 0.1) is 6.04 Å². The molecular formula is C11H9Cl2F2NS. The van der Waals surface area contributed by atoms with Crippen molar-refractivity contribution in [3.05, 3.63) is 56.7 Å².